The highest BCUT2D eigenvalue weighted by Gasteiger charge is 2.09. The maximum atomic E-state index is 11.3. The number of aromatic amines is 1. The Labute approximate surface area is 91.0 Å². The number of nitrogens with one attached hydrogen (secondary N) is 1. The van der Waals surface area contributed by atoms with Crippen molar-refractivity contribution < 1.29 is 8.42 Å². The van der Waals surface area contributed by atoms with Crippen molar-refractivity contribution in [3.8, 4) is 0 Å². The summed E-state index contributed by atoms with van der Waals surface area (Å²) >= 11 is 0. The van der Waals surface area contributed by atoms with Gasteiger partial charge in [0.25, 0.3) is 5.56 Å². The van der Waals surface area contributed by atoms with Crippen LogP contribution in [-0.4, -0.2) is 40.2 Å². The number of sulfone groups is 1. The van der Waals surface area contributed by atoms with Crippen molar-refractivity contribution in [3.05, 3.63) is 22.9 Å². The highest BCUT2D eigenvalue weighted by atomic mass is 32.2. The maximum Gasteiger partial charge on any atom is 0.261 e. The summed E-state index contributed by atoms with van der Waals surface area (Å²) in [6, 6.07) is 0. The predicted octanol–water partition coefficient (Wildman–Crippen LogP) is -0.836. The molecular formula is C8H10N4O3S. The van der Waals surface area contributed by atoms with Crippen molar-refractivity contribution in [1.82, 2.24) is 19.7 Å². The van der Waals surface area contributed by atoms with Crippen LogP contribution in [0.1, 0.15) is 0 Å². The third kappa shape index (κ3) is 2.11. The van der Waals surface area contributed by atoms with E-state index in [9.17, 15) is 13.2 Å². The molecule has 0 aliphatic heterocycles. The third-order valence-electron chi connectivity index (χ3n) is 2.11. The SMILES string of the molecule is CS(=O)(=O)CCn1ncc2c(=O)[nH]cnc21. The Kier molecular flexibility index (Phi) is 2.50. The molecule has 0 bridgehead atoms. The van der Waals surface area contributed by atoms with Crippen LogP contribution >= 0.6 is 0 Å². The molecule has 2 heterocycles. The van der Waals surface area contributed by atoms with Crippen LogP contribution in [0, 0.1) is 0 Å². The minimum atomic E-state index is -3.05. The number of hydrogen-bond donors (Lipinski definition) is 1. The lowest BCUT2D eigenvalue weighted by atomic mass is 10.4. The topological polar surface area (TPSA) is 97.7 Å². The van der Waals surface area contributed by atoms with Crippen molar-refractivity contribution in [3.63, 3.8) is 0 Å². The summed E-state index contributed by atoms with van der Waals surface area (Å²) in [5.41, 5.74) is 0.114. The second kappa shape index (κ2) is 3.71. The van der Waals surface area contributed by atoms with Crippen molar-refractivity contribution in [1.29, 1.82) is 0 Å². The number of aryl methyl sites for hydroxylation is 1. The highest BCUT2D eigenvalue weighted by Crippen LogP contribution is 2.04. The zero-order valence-corrected chi connectivity index (χ0v) is 9.36. The first kappa shape index (κ1) is 10.8. The van der Waals surface area contributed by atoms with Gasteiger partial charge in [0, 0.05) is 6.26 Å². The zero-order chi connectivity index (χ0) is 11.8. The van der Waals surface area contributed by atoms with Gasteiger partial charge in [-0.2, -0.15) is 5.10 Å². The van der Waals surface area contributed by atoms with E-state index in [4.69, 9.17) is 0 Å². The molecule has 2 aromatic rings. The van der Waals surface area contributed by atoms with Gasteiger partial charge in [-0.25, -0.2) is 18.1 Å². The predicted molar refractivity (Wildman–Crippen MR) is 57.9 cm³/mol. The molecule has 0 aromatic carbocycles. The van der Waals surface area contributed by atoms with Crippen LogP contribution in [-0.2, 0) is 16.4 Å². The number of H-pyrrole nitrogens is 1. The molecule has 0 aliphatic rings. The van der Waals surface area contributed by atoms with Gasteiger partial charge in [0.15, 0.2) is 5.65 Å². The van der Waals surface area contributed by atoms with Gasteiger partial charge < -0.3 is 4.98 Å². The van der Waals surface area contributed by atoms with E-state index in [1.807, 2.05) is 0 Å². The van der Waals surface area contributed by atoms with Crippen LogP contribution in [0.15, 0.2) is 17.3 Å². The first-order chi connectivity index (χ1) is 7.47. The van der Waals surface area contributed by atoms with Crippen LogP contribution in [0.3, 0.4) is 0 Å². The normalized spacial score (nSPS) is 12.1. The van der Waals surface area contributed by atoms with E-state index in [2.05, 4.69) is 15.1 Å². The Hall–Kier alpha value is -1.70. The van der Waals surface area contributed by atoms with Crippen LogP contribution in [0.25, 0.3) is 11.0 Å². The minimum Gasteiger partial charge on any atom is -0.312 e. The molecule has 16 heavy (non-hydrogen) atoms. The summed E-state index contributed by atoms with van der Waals surface area (Å²) in [4.78, 5) is 17.7. The first-order valence-corrected chi connectivity index (χ1v) is 6.60. The summed E-state index contributed by atoms with van der Waals surface area (Å²) in [7, 11) is -3.05. The Morgan fingerprint density at radius 1 is 1.50 bits per heavy atom. The molecule has 0 atom stereocenters. The Bertz CT molecular complexity index is 670. The molecule has 2 aromatic heterocycles. The summed E-state index contributed by atoms with van der Waals surface area (Å²) in [5.74, 6) is -0.0295. The highest BCUT2D eigenvalue weighted by molar-refractivity contribution is 7.90. The van der Waals surface area contributed by atoms with Crippen LogP contribution in [0.4, 0.5) is 0 Å². The Morgan fingerprint density at radius 2 is 2.25 bits per heavy atom. The van der Waals surface area contributed by atoms with Gasteiger partial charge in [-0.1, -0.05) is 0 Å². The van der Waals surface area contributed by atoms with Crippen LogP contribution in [0.2, 0.25) is 0 Å². The smallest absolute Gasteiger partial charge is 0.261 e. The molecule has 0 saturated heterocycles. The van der Waals surface area contributed by atoms with Crippen molar-refractivity contribution in [2.45, 2.75) is 6.54 Å². The lowest BCUT2D eigenvalue weighted by molar-refractivity contribution is 0.588. The largest absolute Gasteiger partial charge is 0.312 e. The van der Waals surface area contributed by atoms with Gasteiger partial charge in [0.1, 0.15) is 15.2 Å². The molecule has 86 valence electrons. The molecular weight excluding hydrogens is 232 g/mol. The monoisotopic (exact) mass is 242 g/mol. The molecule has 0 radical (unpaired) electrons. The molecule has 1 N–H and O–H groups in total. The lowest BCUT2D eigenvalue weighted by Crippen LogP contribution is -2.13. The average Bonchev–Trinajstić information content (AvgIpc) is 2.58. The number of nitrogens with zero attached hydrogens (tertiary/aromatic N) is 3. The fourth-order valence-electron chi connectivity index (χ4n) is 1.32. The van der Waals surface area contributed by atoms with Crippen molar-refractivity contribution >= 4 is 20.9 Å². The van der Waals surface area contributed by atoms with Crippen LogP contribution < -0.4 is 5.56 Å². The molecule has 0 amide bonds. The van der Waals surface area contributed by atoms with E-state index >= 15 is 0 Å². The standard InChI is InChI=1S/C8H10N4O3S/c1-16(14,15)3-2-12-7-6(4-11-12)8(13)10-5-9-7/h4-5H,2-3H2,1H3,(H,9,10,13). The van der Waals surface area contributed by atoms with Gasteiger partial charge >= 0.3 is 0 Å². The van der Waals surface area contributed by atoms with Gasteiger partial charge in [-0.3, -0.25) is 4.79 Å². The van der Waals surface area contributed by atoms with E-state index in [1.54, 1.807) is 0 Å². The van der Waals surface area contributed by atoms with E-state index in [-0.39, 0.29) is 17.9 Å². The minimum absolute atomic E-state index is 0.0295. The summed E-state index contributed by atoms with van der Waals surface area (Å²) in [6.45, 7) is 0.193. The van der Waals surface area contributed by atoms with E-state index in [1.165, 1.54) is 17.2 Å². The summed E-state index contributed by atoms with van der Waals surface area (Å²) in [6.07, 6.45) is 3.80. The second-order valence-electron chi connectivity index (χ2n) is 3.47. The first-order valence-electron chi connectivity index (χ1n) is 4.54. The molecule has 0 spiro atoms. The number of aromatic nitrogens is 4. The summed E-state index contributed by atoms with van der Waals surface area (Å²) < 4.78 is 23.4. The van der Waals surface area contributed by atoms with Gasteiger partial charge in [-0.15, -0.1) is 0 Å². The number of rotatable bonds is 3. The molecule has 0 aliphatic carbocycles. The molecule has 8 heteroatoms. The molecule has 0 unspecified atom stereocenters. The number of hydrogen-bond acceptors (Lipinski definition) is 5. The van der Waals surface area contributed by atoms with Gasteiger partial charge in [0.2, 0.25) is 0 Å². The van der Waals surface area contributed by atoms with Gasteiger partial charge in [0.05, 0.1) is 24.8 Å². The lowest BCUT2D eigenvalue weighted by Gasteiger charge is -2.00. The second-order valence-corrected chi connectivity index (χ2v) is 5.73. The quantitative estimate of drug-likeness (QED) is 0.757. The maximum absolute atomic E-state index is 11.3. The fraction of sp³-hybridized carbons (Fsp3) is 0.375. The van der Waals surface area contributed by atoms with Crippen molar-refractivity contribution in [2.75, 3.05) is 12.0 Å². The van der Waals surface area contributed by atoms with Gasteiger partial charge in [-0.05, 0) is 0 Å². The van der Waals surface area contributed by atoms with Crippen molar-refractivity contribution in [2.24, 2.45) is 0 Å². The average molecular weight is 242 g/mol. The number of fused-ring (bicyclic) bond motifs is 1. The zero-order valence-electron chi connectivity index (χ0n) is 8.54. The van der Waals surface area contributed by atoms with Crippen LogP contribution in [0.5, 0.6) is 0 Å². The Morgan fingerprint density at radius 3 is 2.94 bits per heavy atom. The third-order valence-corrected chi connectivity index (χ3v) is 3.04. The molecule has 0 saturated carbocycles. The summed E-state index contributed by atoms with van der Waals surface area (Å²) in [5, 5.41) is 4.29. The molecule has 7 nitrogen and oxygen atoms in total. The molecule has 0 fully saturated rings. The van der Waals surface area contributed by atoms with E-state index in [0.29, 0.717) is 11.0 Å². The Balaban J connectivity index is 2.40. The van der Waals surface area contributed by atoms with E-state index in [0.717, 1.165) is 6.26 Å². The fourth-order valence-corrected chi connectivity index (χ4v) is 1.83. The van der Waals surface area contributed by atoms with E-state index < -0.39 is 9.84 Å². The molecule has 2 rings (SSSR count).